The molecule has 5 heteroatoms. The average molecular weight is 217 g/mol. The smallest absolute Gasteiger partial charge is 0.214 e. The Labute approximate surface area is 84.4 Å². The molecule has 14 heavy (non-hydrogen) atoms. The molecule has 80 valence electrons. The van der Waals surface area contributed by atoms with E-state index in [1.807, 2.05) is 0 Å². The first-order valence-electron chi connectivity index (χ1n) is 4.48. The molecule has 0 bridgehead atoms. The van der Waals surface area contributed by atoms with Gasteiger partial charge in [-0.1, -0.05) is 0 Å². The number of hydrogen-bond donors (Lipinski definition) is 1. The Morgan fingerprint density at radius 1 is 1.36 bits per heavy atom. The topological polar surface area (TPSA) is 59.3 Å². The van der Waals surface area contributed by atoms with E-state index in [9.17, 15) is 8.42 Å². The lowest BCUT2D eigenvalue weighted by atomic mass is 10.3. The highest BCUT2D eigenvalue weighted by Crippen LogP contribution is 2.14. The number of nitrogens with one attached hydrogen (secondary N) is 1. The minimum Gasteiger partial charge on any atom is -0.468 e. The highest BCUT2D eigenvalue weighted by molar-refractivity contribution is 7.90. The van der Waals surface area contributed by atoms with Crippen molar-refractivity contribution >= 4 is 10.0 Å². The van der Waals surface area contributed by atoms with Gasteiger partial charge in [-0.3, -0.25) is 0 Å². The third-order valence-electron chi connectivity index (χ3n) is 1.93. The second-order valence-corrected chi connectivity index (χ2v) is 5.72. The summed E-state index contributed by atoms with van der Waals surface area (Å²) in [6.45, 7) is 5.02. The van der Waals surface area contributed by atoms with Crippen LogP contribution in [-0.4, -0.2) is 13.7 Å². The first-order valence-corrected chi connectivity index (χ1v) is 6.02. The lowest BCUT2D eigenvalue weighted by Gasteiger charge is -2.13. The third kappa shape index (κ3) is 2.59. The van der Waals surface area contributed by atoms with Crippen LogP contribution in [0.25, 0.3) is 0 Å². The molecule has 1 rings (SSSR count). The van der Waals surface area contributed by atoms with Crippen LogP contribution < -0.4 is 4.72 Å². The first kappa shape index (κ1) is 11.3. The molecule has 0 saturated carbocycles. The van der Waals surface area contributed by atoms with Gasteiger partial charge in [0.05, 0.1) is 17.6 Å². The predicted octanol–water partition coefficient (Wildman–Crippen LogP) is 1.67. The maximum atomic E-state index is 11.5. The van der Waals surface area contributed by atoms with Crippen LogP contribution in [-0.2, 0) is 10.0 Å². The number of furan rings is 1. The minimum absolute atomic E-state index is 0.322. The van der Waals surface area contributed by atoms with Gasteiger partial charge in [0, 0.05) is 0 Å². The Bertz CT molecular complexity index is 367. The third-order valence-corrected chi connectivity index (χ3v) is 3.85. The van der Waals surface area contributed by atoms with Crippen LogP contribution in [0.1, 0.15) is 32.6 Å². The Morgan fingerprint density at radius 2 is 2.00 bits per heavy atom. The van der Waals surface area contributed by atoms with Crippen LogP contribution >= 0.6 is 0 Å². The molecule has 0 spiro atoms. The summed E-state index contributed by atoms with van der Waals surface area (Å²) in [4.78, 5) is 0. The van der Waals surface area contributed by atoms with Gasteiger partial charge in [-0.05, 0) is 32.9 Å². The lowest BCUT2D eigenvalue weighted by Crippen LogP contribution is -2.32. The maximum Gasteiger partial charge on any atom is 0.214 e. The fraction of sp³-hybridized carbons (Fsp3) is 0.556. The van der Waals surface area contributed by atoms with Crippen molar-refractivity contribution in [2.24, 2.45) is 0 Å². The van der Waals surface area contributed by atoms with E-state index in [-0.39, 0.29) is 6.04 Å². The molecule has 0 amide bonds. The number of hydrogen-bond acceptors (Lipinski definition) is 3. The molecule has 1 aromatic rings. The average Bonchev–Trinajstić information content (AvgIpc) is 2.54. The largest absolute Gasteiger partial charge is 0.468 e. The zero-order valence-corrected chi connectivity index (χ0v) is 9.34. The SMILES string of the molecule is CC(C)S(=O)(=O)N[C@H](C)c1ccco1. The lowest BCUT2D eigenvalue weighted by molar-refractivity contribution is 0.458. The predicted molar refractivity (Wildman–Crippen MR) is 54.3 cm³/mol. The molecule has 0 aliphatic heterocycles. The van der Waals surface area contributed by atoms with Gasteiger partial charge in [0.2, 0.25) is 10.0 Å². The van der Waals surface area contributed by atoms with Gasteiger partial charge in [0.25, 0.3) is 0 Å². The van der Waals surface area contributed by atoms with Gasteiger partial charge >= 0.3 is 0 Å². The van der Waals surface area contributed by atoms with Crippen LogP contribution in [0.3, 0.4) is 0 Å². The summed E-state index contributed by atoms with van der Waals surface area (Å²) in [6, 6.07) is 3.15. The van der Waals surface area contributed by atoms with Crippen LogP contribution in [0.15, 0.2) is 22.8 Å². The molecule has 0 fully saturated rings. The highest BCUT2D eigenvalue weighted by Gasteiger charge is 2.20. The molecular weight excluding hydrogens is 202 g/mol. The fourth-order valence-corrected chi connectivity index (χ4v) is 1.86. The van der Waals surface area contributed by atoms with E-state index in [4.69, 9.17) is 4.42 Å². The van der Waals surface area contributed by atoms with Crippen molar-refractivity contribution in [3.05, 3.63) is 24.2 Å². The van der Waals surface area contributed by atoms with Crippen LogP contribution in [0.5, 0.6) is 0 Å². The molecule has 1 N–H and O–H groups in total. The van der Waals surface area contributed by atoms with Gasteiger partial charge in [-0.2, -0.15) is 0 Å². The van der Waals surface area contributed by atoms with Crippen molar-refractivity contribution < 1.29 is 12.8 Å². The van der Waals surface area contributed by atoms with Crippen molar-refractivity contribution in [2.45, 2.75) is 32.1 Å². The molecule has 0 unspecified atom stereocenters. The van der Waals surface area contributed by atoms with Crippen molar-refractivity contribution in [2.75, 3.05) is 0 Å². The number of rotatable bonds is 4. The van der Waals surface area contributed by atoms with Gasteiger partial charge in [0.15, 0.2) is 0 Å². The standard InChI is InChI=1S/C9H15NO3S/c1-7(2)14(11,12)10-8(3)9-5-4-6-13-9/h4-8,10H,1-3H3/t8-/m1/s1. The molecule has 4 nitrogen and oxygen atoms in total. The van der Waals surface area contributed by atoms with E-state index in [2.05, 4.69) is 4.72 Å². The zero-order chi connectivity index (χ0) is 10.8. The quantitative estimate of drug-likeness (QED) is 0.834. The second-order valence-electron chi connectivity index (χ2n) is 3.45. The molecular formula is C9H15NO3S. The fourth-order valence-electron chi connectivity index (χ4n) is 0.978. The molecule has 0 aromatic carbocycles. The monoisotopic (exact) mass is 217 g/mol. The zero-order valence-electron chi connectivity index (χ0n) is 8.52. The summed E-state index contributed by atoms with van der Waals surface area (Å²) in [7, 11) is -3.23. The molecule has 0 saturated heterocycles. The number of sulfonamides is 1. The first-order chi connectivity index (χ1) is 6.43. The second kappa shape index (κ2) is 4.14. The summed E-state index contributed by atoms with van der Waals surface area (Å²) in [5.74, 6) is 0.620. The summed E-state index contributed by atoms with van der Waals surface area (Å²) in [5.41, 5.74) is 0. The summed E-state index contributed by atoms with van der Waals surface area (Å²) in [6.07, 6.45) is 1.52. The Morgan fingerprint density at radius 3 is 2.43 bits per heavy atom. The van der Waals surface area contributed by atoms with Crippen LogP contribution in [0.4, 0.5) is 0 Å². The molecule has 0 aliphatic rings. The Hall–Kier alpha value is -0.810. The van der Waals surface area contributed by atoms with E-state index in [0.29, 0.717) is 5.76 Å². The van der Waals surface area contributed by atoms with E-state index in [1.54, 1.807) is 32.9 Å². The molecule has 1 atom stereocenters. The van der Waals surface area contributed by atoms with Crippen molar-refractivity contribution in [3.8, 4) is 0 Å². The van der Waals surface area contributed by atoms with Gasteiger partial charge < -0.3 is 4.42 Å². The van der Waals surface area contributed by atoms with E-state index in [0.717, 1.165) is 0 Å². The van der Waals surface area contributed by atoms with Crippen molar-refractivity contribution in [1.82, 2.24) is 4.72 Å². The van der Waals surface area contributed by atoms with Gasteiger partial charge in [-0.15, -0.1) is 0 Å². The summed E-state index contributed by atoms with van der Waals surface area (Å²) in [5, 5.41) is -0.431. The van der Waals surface area contributed by atoms with Crippen molar-refractivity contribution in [3.63, 3.8) is 0 Å². The molecule has 0 aliphatic carbocycles. The molecule has 1 heterocycles. The Kier molecular flexibility index (Phi) is 3.34. The minimum atomic E-state index is -3.23. The summed E-state index contributed by atoms with van der Waals surface area (Å²) >= 11 is 0. The van der Waals surface area contributed by atoms with Crippen LogP contribution in [0.2, 0.25) is 0 Å². The van der Waals surface area contributed by atoms with Gasteiger partial charge in [0.1, 0.15) is 5.76 Å². The highest BCUT2D eigenvalue weighted by atomic mass is 32.2. The summed E-state index contributed by atoms with van der Waals surface area (Å²) < 4.78 is 30.6. The van der Waals surface area contributed by atoms with Gasteiger partial charge in [-0.25, -0.2) is 13.1 Å². The van der Waals surface area contributed by atoms with Crippen LogP contribution in [0, 0.1) is 0 Å². The Balaban J connectivity index is 2.71. The normalized spacial score (nSPS) is 14.6. The van der Waals surface area contributed by atoms with E-state index < -0.39 is 15.3 Å². The van der Waals surface area contributed by atoms with E-state index >= 15 is 0 Å². The molecule has 1 aromatic heterocycles. The molecule has 0 radical (unpaired) electrons. The van der Waals surface area contributed by atoms with Crippen molar-refractivity contribution in [1.29, 1.82) is 0 Å². The van der Waals surface area contributed by atoms with E-state index in [1.165, 1.54) is 6.26 Å². The maximum absolute atomic E-state index is 11.5.